The van der Waals surface area contributed by atoms with Crippen LogP contribution in [0.15, 0.2) is 53.4 Å². The number of unbranched alkanes of at least 4 members (excludes halogenated alkanes) is 3. The second kappa shape index (κ2) is 17.3. The van der Waals surface area contributed by atoms with Gasteiger partial charge < -0.3 is 9.47 Å². The number of carbonyl (C=O) groups excluding carboxylic acids is 2. The lowest BCUT2D eigenvalue weighted by Crippen LogP contribution is -2.11. The molecule has 0 aliphatic carbocycles. The molecular formula is C29H44O7PS+. The molecule has 0 atom stereocenters. The quantitative estimate of drug-likeness (QED) is 0.147. The molecule has 0 heterocycles. The summed E-state index contributed by atoms with van der Waals surface area (Å²) in [6, 6.07) is 14.2. The van der Waals surface area contributed by atoms with E-state index in [2.05, 4.69) is 60.6 Å². The number of rotatable bonds is 14. The fourth-order valence-electron chi connectivity index (χ4n) is 4.24. The first-order chi connectivity index (χ1) is 18.1. The predicted octanol–water partition coefficient (Wildman–Crippen LogP) is 7.11. The number of benzene rings is 2. The van der Waals surface area contributed by atoms with Crippen molar-refractivity contribution in [1.82, 2.24) is 0 Å². The Labute approximate surface area is 229 Å². The SMILES string of the molecule is CCCC[P+](CCCC)(CCCC)Cc1ccccc1.COC(=O)c1cc(C(=O)OC)cc(S(=O)(=O)O)c1. The van der Waals surface area contributed by atoms with Crippen molar-refractivity contribution in [2.24, 2.45) is 0 Å². The average molecular weight is 568 g/mol. The topological polar surface area (TPSA) is 107 Å². The monoisotopic (exact) mass is 567 g/mol. The maximum atomic E-state index is 11.3. The summed E-state index contributed by atoms with van der Waals surface area (Å²) >= 11 is 0. The summed E-state index contributed by atoms with van der Waals surface area (Å²) in [5.41, 5.74) is 1.21. The molecule has 0 unspecified atom stereocenters. The minimum Gasteiger partial charge on any atom is -0.465 e. The van der Waals surface area contributed by atoms with Crippen molar-refractivity contribution in [2.75, 3.05) is 32.7 Å². The van der Waals surface area contributed by atoms with Crippen LogP contribution in [0.25, 0.3) is 0 Å². The Morgan fingerprint density at radius 3 is 1.53 bits per heavy atom. The molecule has 0 aromatic heterocycles. The van der Waals surface area contributed by atoms with Gasteiger partial charge in [0, 0.05) is 7.26 Å². The van der Waals surface area contributed by atoms with Gasteiger partial charge in [0.1, 0.15) is 0 Å². The van der Waals surface area contributed by atoms with E-state index < -0.39 is 34.2 Å². The van der Waals surface area contributed by atoms with Crippen LogP contribution < -0.4 is 0 Å². The van der Waals surface area contributed by atoms with Crippen molar-refractivity contribution in [3.63, 3.8) is 0 Å². The van der Waals surface area contributed by atoms with E-state index in [0.29, 0.717) is 0 Å². The standard InChI is InChI=1S/C19H34P.C10H10O7S/c1-4-7-15-20(16-8-5-2,17-9-6-3)18-19-13-11-10-12-14-19;1-16-9(11)6-3-7(10(12)17-2)5-8(4-6)18(13,14)15/h10-14H,4-9,15-18H2,1-3H3;3-5H,1-2H3,(H,13,14,15)/q+1;. The van der Waals surface area contributed by atoms with Gasteiger partial charge in [-0.05, 0) is 43.0 Å². The van der Waals surface area contributed by atoms with E-state index in [9.17, 15) is 18.0 Å². The highest BCUT2D eigenvalue weighted by Crippen LogP contribution is 2.63. The van der Waals surface area contributed by atoms with E-state index >= 15 is 0 Å². The van der Waals surface area contributed by atoms with Crippen LogP contribution in [0.5, 0.6) is 0 Å². The zero-order valence-electron chi connectivity index (χ0n) is 23.4. The number of hydrogen-bond acceptors (Lipinski definition) is 6. The number of methoxy groups -OCH3 is 2. The zero-order chi connectivity index (χ0) is 28.6. The molecule has 2 aromatic rings. The van der Waals surface area contributed by atoms with Crippen LogP contribution in [0.3, 0.4) is 0 Å². The van der Waals surface area contributed by atoms with Gasteiger partial charge in [-0.25, -0.2) is 9.59 Å². The summed E-state index contributed by atoms with van der Waals surface area (Å²) in [4.78, 5) is 22.0. The first-order valence-electron chi connectivity index (χ1n) is 13.2. The summed E-state index contributed by atoms with van der Waals surface area (Å²) in [7, 11) is -3.12. The van der Waals surface area contributed by atoms with E-state index in [1.54, 1.807) is 5.56 Å². The second-order valence-corrected chi connectivity index (χ2v) is 15.2. The summed E-state index contributed by atoms with van der Waals surface area (Å²) in [6.45, 7) is 7.03. The van der Waals surface area contributed by atoms with Gasteiger partial charge in [-0.2, -0.15) is 8.42 Å². The first-order valence-corrected chi connectivity index (χ1v) is 17.2. The Bertz CT molecular complexity index is 1050. The molecule has 0 aliphatic rings. The van der Waals surface area contributed by atoms with Crippen LogP contribution in [0, 0.1) is 0 Å². The van der Waals surface area contributed by atoms with Gasteiger partial charge in [0.15, 0.2) is 0 Å². The molecule has 2 aromatic carbocycles. The number of hydrogen-bond donors (Lipinski definition) is 1. The molecule has 0 amide bonds. The third-order valence-electron chi connectivity index (χ3n) is 6.37. The fraction of sp³-hybridized carbons (Fsp3) is 0.517. The molecule has 9 heteroatoms. The largest absolute Gasteiger partial charge is 0.465 e. The summed E-state index contributed by atoms with van der Waals surface area (Å²) in [6.07, 6.45) is 14.4. The molecule has 1 N–H and O–H groups in total. The summed E-state index contributed by atoms with van der Waals surface area (Å²) in [5.74, 6) is -1.68. The van der Waals surface area contributed by atoms with Crippen LogP contribution in [-0.4, -0.2) is 57.6 Å². The zero-order valence-corrected chi connectivity index (χ0v) is 25.2. The summed E-state index contributed by atoms with van der Waals surface area (Å²) < 4.78 is 39.7. The fourth-order valence-corrected chi connectivity index (χ4v) is 9.89. The molecule has 0 aliphatic heterocycles. The lowest BCUT2D eigenvalue weighted by atomic mass is 10.1. The highest BCUT2D eigenvalue weighted by molar-refractivity contribution is 7.85. The summed E-state index contributed by atoms with van der Waals surface area (Å²) in [5, 5.41) is 0. The molecule has 2 rings (SSSR count). The van der Waals surface area contributed by atoms with Crippen molar-refractivity contribution in [3.8, 4) is 0 Å². The van der Waals surface area contributed by atoms with Crippen LogP contribution in [-0.2, 0) is 25.8 Å². The number of esters is 2. The Morgan fingerprint density at radius 2 is 1.18 bits per heavy atom. The maximum Gasteiger partial charge on any atom is 0.337 e. The van der Waals surface area contributed by atoms with Crippen LogP contribution in [0.4, 0.5) is 0 Å². The van der Waals surface area contributed by atoms with Gasteiger partial charge in [-0.15, -0.1) is 0 Å². The Morgan fingerprint density at radius 1 is 0.763 bits per heavy atom. The molecule has 0 spiro atoms. The van der Waals surface area contributed by atoms with Crippen LogP contribution in [0.1, 0.15) is 85.6 Å². The Balaban J connectivity index is 0.000000382. The normalized spacial score (nSPS) is 11.3. The number of ether oxygens (including phenoxy) is 2. The molecule has 212 valence electrons. The van der Waals surface area contributed by atoms with E-state index in [0.717, 1.165) is 32.4 Å². The van der Waals surface area contributed by atoms with E-state index in [1.807, 2.05) is 0 Å². The minimum atomic E-state index is -4.55. The molecule has 0 radical (unpaired) electrons. The van der Waals surface area contributed by atoms with Gasteiger partial charge in [-0.3, -0.25) is 4.55 Å². The van der Waals surface area contributed by atoms with Crippen molar-refractivity contribution in [3.05, 3.63) is 65.2 Å². The van der Waals surface area contributed by atoms with Crippen molar-refractivity contribution in [1.29, 1.82) is 0 Å². The first kappa shape index (κ1) is 33.7. The highest BCUT2D eigenvalue weighted by Gasteiger charge is 2.35. The molecule has 0 bridgehead atoms. The number of carbonyl (C=O) groups is 2. The van der Waals surface area contributed by atoms with Crippen LogP contribution >= 0.6 is 7.26 Å². The third-order valence-corrected chi connectivity index (χ3v) is 12.0. The van der Waals surface area contributed by atoms with Gasteiger partial charge >= 0.3 is 11.9 Å². The van der Waals surface area contributed by atoms with Gasteiger partial charge in [0.25, 0.3) is 10.1 Å². The second-order valence-electron chi connectivity index (χ2n) is 9.42. The van der Waals surface area contributed by atoms with E-state index in [1.165, 1.54) is 63.2 Å². The van der Waals surface area contributed by atoms with Gasteiger partial charge in [0.05, 0.1) is 54.9 Å². The Kier molecular flexibility index (Phi) is 15.4. The smallest absolute Gasteiger partial charge is 0.337 e. The lowest BCUT2D eigenvalue weighted by Gasteiger charge is -2.28. The minimum absolute atomic E-state index is 0.187. The Hall–Kier alpha value is -2.28. The van der Waals surface area contributed by atoms with E-state index in [-0.39, 0.29) is 11.1 Å². The highest BCUT2D eigenvalue weighted by atomic mass is 32.2. The molecule has 7 nitrogen and oxygen atoms in total. The molecule has 0 saturated carbocycles. The van der Waals surface area contributed by atoms with Crippen molar-refractivity contribution < 1.29 is 32.0 Å². The average Bonchev–Trinajstić information content (AvgIpc) is 2.93. The van der Waals surface area contributed by atoms with Crippen molar-refractivity contribution >= 4 is 29.3 Å². The lowest BCUT2D eigenvalue weighted by molar-refractivity contribution is 0.0598. The van der Waals surface area contributed by atoms with Crippen LogP contribution in [0.2, 0.25) is 0 Å². The predicted molar refractivity (Wildman–Crippen MR) is 155 cm³/mol. The molecular weight excluding hydrogens is 523 g/mol. The third kappa shape index (κ3) is 11.6. The molecule has 0 fully saturated rings. The van der Waals surface area contributed by atoms with Crippen molar-refractivity contribution in [2.45, 2.75) is 70.4 Å². The van der Waals surface area contributed by atoms with Gasteiger partial charge in [0.2, 0.25) is 0 Å². The molecule has 38 heavy (non-hydrogen) atoms. The maximum absolute atomic E-state index is 11.3. The van der Waals surface area contributed by atoms with E-state index in [4.69, 9.17) is 4.55 Å². The molecule has 0 saturated heterocycles. The van der Waals surface area contributed by atoms with Gasteiger partial charge in [-0.1, -0.05) is 70.4 Å².